The number of hydrogen-bond acceptors (Lipinski definition) is 3. The van der Waals surface area contributed by atoms with E-state index >= 15 is 0 Å². The first-order valence-corrected chi connectivity index (χ1v) is 6.64. The second kappa shape index (κ2) is 4.94. The van der Waals surface area contributed by atoms with Crippen LogP contribution in [-0.4, -0.2) is 16.5 Å². The van der Waals surface area contributed by atoms with Crippen LogP contribution in [0.2, 0.25) is 0 Å². The molecule has 1 aromatic heterocycles. The van der Waals surface area contributed by atoms with Gasteiger partial charge in [0.15, 0.2) is 5.82 Å². The zero-order valence-electron chi connectivity index (χ0n) is 10.0. The molecule has 0 unspecified atom stereocenters. The maximum absolute atomic E-state index is 5.82. The highest BCUT2D eigenvalue weighted by Gasteiger charge is 2.18. The van der Waals surface area contributed by atoms with Gasteiger partial charge in [0.05, 0.1) is 17.8 Å². The molecule has 3 rings (SSSR count). The fourth-order valence-corrected chi connectivity index (χ4v) is 2.49. The Morgan fingerprint density at radius 1 is 1.22 bits per heavy atom. The van der Waals surface area contributed by atoms with E-state index in [9.17, 15) is 0 Å². The van der Waals surface area contributed by atoms with Crippen molar-refractivity contribution in [2.75, 3.05) is 11.4 Å². The summed E-state index contributed by atoms with van der Waals surface area (Å²) in [5, 5.41) is 0. The van der Waals surface area contributed by atoms with Crippen molar-refractivity contribution in [3.05, 3.63) is 47.9 Å². The lowest BCUT2D eigenvalue weighted by Gasteiger charge is -2.30. The molecule has 0 N–H and O–H groups in total. The van der Waals surface area contributed by atoms with Crippen LogP contribution in [0.4, 0.5) is 11.5 Å². The molecule has 0 aliphatic carbocycles. The number of aryl methyl sites for hydroxylation is 1. The lowest BCUT2D eigenvalue weighted by Crippen LogP contribution is -2.25. The Labute approximate surface area is 111 Å². The molecule has 0 radical (unpaired) electrons. The van der Waals surface area contributed by atoms with Crippen molar-refractivity contribution >= 4 is 23.1 Å². The van der Waals surface area contributed by atoms with Crippen LogP contribution in [-0.2, 0) is 12.3 Å². The summed E-state index contributed by atoms with van der Waals surface area (Å²) in [4.78, 5) is 11.0. The highest BCUT2D eigenvalue weighted by molar-refractivity contribution is 6.16. The topological polar surface area (TPSA) is 29.0 Å². The van der Waals surface area contributed by atoms with Gasteiger partial charge in [0.1, 0.15) is 0 Å². The van der Waals surface area contributed by atoms with Crippen LogP contribution < -0.4 is 4.90 Å². The number of benzene rings is 1. The summed E-state index contributed by atoms with van der Waals surface area (Å²) in [5.74, 6) is 1.29. The molecule has 0 bridgehead atoms. The van der Waals surface area contributed by atoms with Gasteiger partial charge in [-0.15, -0.1) is 11.6 Å². The van der Waals surface area contributed by atoms with Crippen LogP contribution in [0.25, 0.3) is 0 Å². The molecule has 92 valence electrons. The van der Waals surface area contributed by atoms with Gasteiger partial charge in [0.25, 0.3) is 0 Å². The first kappa shape index (κ1) is 11.5. The summed E-state index contributed by atoms with van der Waals surface area (Å²) in [5.41, 5.74) is 3.43. The van der Waals surface area contributed by atoms with Crippen molar-refractivity contribution in [1.29, 1.82) is 0 Å². The van der Waals surface area contributed by atoms with Gasteiger partial charge in [0.2, 0.25) is 0 Å². The SMILES string of the molecule is ClCc1cncc(N2CCCc3ccccc32)n1. The quantitative estimate of drug-likeness (QED) is 0.775. The summed E-state index contributed by atoms with van der Waals surface area (Å²) in [6, 6.07) is 8.48. The molecule has 1 aliphatic heterocycles. The van der Waals surface area contributed by atoms with Crippen molar-refractivity contribution in [2.24, 2.45) is 0 Å². The van der Waals surface area contributed by atoms with Crippen molar-refractivity contribution in [3.8, 4) is 0 Å². The highest BCUT2D eigenvalue weighted by atomic mass is 35.5. The lowest BCUT2D eigenvalue weighted by molar-refractivity contribution is 0.756. The molecule has 3 nitrogen and oxygen atoms in total. The summed E-state index contributed by atoms with van der Waals surface area (Å²) < 4.78 is 0. The van der Waals surface area contributed by atoms with Crippen LogP contribution in [0.5, 0.6) is 0 Å². The fraction of sp³-hybridized carbons (Fsp3) is 0.286. The number of para-hydroxylation sites is 1. The van der Waals surface area contributed by atoms with Crippen molar-refractivity contribution in [1.82, 2.24) is 9.97 Å². The summed E-state index contributed by atoms with van der Waals surface area (Å²) in [6.07, 6.45) is 5.80. The molecule has 0 atom stereocenters. The van der Waals surface area contributed by atoms with E-state index in [1.165, 1.54) is 11.3 Å². The normalized spacial score (nSPS) is 14.4. The predicted octanol–water partition coefficient (Wildman–Crippen LogP) is 3.30. The molecule has 2 aromatic rings. The zero-order chi connectivity index (χ0) is 12.4. The third-order valence-electron chi connectivity index (χ3n) is 3.20. The number of aromatic nitrogens is 2. The second-order valence-corrected chi connectivity index (χ2v) is 4.65. The predicted molar refractivity (Wildman–Crippen MR) is 73.4 cm³/mol. The van der Waals surface area contributed by atoms with Gasteiger partial charge in [-0.05, 0) is 24.5 Å². The molecule has 2 heterocycles. The standard InChI is InChI=1S/C14H14ClN3/c15-8-12-9-16-10-14(17-12)18-7-3-5-11-4-1-2-6-13(11)18/h1-2,4,6,9-10H,3,5,7-8H2. The Morgan fingerprint density at radius 3 is 3.00 bits per heavy atom. The first-order chi connectivity index (χ1) is 8.88. The smallest absolute Gasteiger partial charge is 0.151 e. The van der Waals surface area contributed by atoms with Crippen LogP contribution in [0, 0.1) is 0 Å². The molecule has 18 heavy (non-hydrogen) atoms. The lowest BCUT2D eigenvalue weighted by atomic mass is 10.0. The maximum Gasteiger partial charge on any atom is 0.151 e. The number of rotatable bonds is 2. The summed E-state index contributed by atoms with van der Waals surface area (Å²) >= 11 is 5.82. The Morgan fingerprint density at radius 2 is 2.11 bits per heavy atom. The Hall–Kier alpha value is -1.61. The first-order valence-electron chi connectivity index (χ1n) is 6.11. The van der Waals surface area contributed by atoms with Crippen LogP contribution in [0.1, 0.15) is 17.7 Å². The third kappa shape index (κ3) is 2.06. The largest absolute Gasteiger partial charge is 0.325 e. The monoisotopic (exact) mass is 259 g/mol. The Bertz CT molecular complexity index is 556. The molecular formula is C14H14ClN3. The average molecular weight is 260 g/mol. The molecule has 0 saturated carbocycles. The molecular weight excluding hydrogens is 246 g/mol. The van der Waals surface area contributed by atoms with Gasteiger partial charge >= 0.3 is 0 Å². The van der Waals surface area contributed by atoms with Gasteiger partial charge in [-0.2, -0.15) is 0 Å². The van der Waals surface area contributed by atoms with Crippen LogP contribution in [0.15, 0.2) is 36.7 Å². The summed E-state index contributed by atoms with van der Waals surface area (Å²) in [7, 11) is 0. The van der Waals surface area contributed by atoms with Crippen molar-refractivity contribution in [3.63, 3.8) is 0 Å². The number of nitrogens with zero attached hydrogens (tertiary/aromatic N) is 3. The number of fused-ring (bicyclic) bond motifs is 1. The van der Waals surface area contributed by atoms with E-state index in [1.54, 1.807) is 12.4 Å². The van der Waals surface area contributed by atoms with E-state index in [4.69, 9.17) is 11.6 Å². The highest BCUT2D eigenvalue weighted by Crippen LogP contribution is 2.31. The van der Waals surface area contributed by atoms with Crippen LogP contribution >= 0.6 is 11.6 Å². The van der Waals surface area contributed by atoms with E-state index in [0.29, 0.717) is 5.88 Å². The number of halogens is 1. The molecule has 0 fully saturated rings. The molecule has 0 spiro atoms. The number of hydrogen-bond donors (Lipinski definition) is 0. The minimum atomic E-state index is 0.399. The number of alkyl halides is 1. The zero-order valence-corrected chi connectivity index (χ0v) is 10.8. The molecule has 4 heteroatoms. The third-order valence-corrected chi connectivity index (χ3v) is 3.47. The van der Waals surface area contributed by atoms with Crippen LogP contribution in [0.3, 0.4) is 0 Å². The second-order valence-electron chi connectivity index (χ2n) is 4.39. The molecule has 1 aliphatic rings. The van der Waals surface area contributed by atoms with Crippen molar-refractivity contribution < 1.29 is 0 Å². The number of anilines is 2. The van der Waals surface area contributed by atoms with Gasteiger partial charge < -0.3 is 4.90 Å². The fourth-order valence-electron chi connectivity index (χ4n) is 2.36. The maximum atomic E-state index is 5.82. The van der Waals surface area contributed by atoms with E-state index in [2.05, 4.69) is 39.1 Å². The molecule has 0 amide bonds. The van der Waals surface area contributed by atoms with Gasteiger partial charge in [-0.1, -0.05) is 18.2 Å². The summed E-state index contributed by atoms with van der Waals surface area (Å²) in [6.45, 7) is 0.984. The van der Waals surface area contributed by atoms with E-state index in [0.717, 1.165) is 30.9 Å². The average Bonchev–Trinajstić information content (AvgIpc) is 2.47. The van der Waals surface area contributed by atoms with Gasteiger partial charge in [0, 0.05) is 18.4 Å². The Kier molecular flexibility index (Phi) is 3.15. The minimum absolute atomic E-state index is 0.399. The molecule has 0 saturated heterocycles. The molecule has 1 aromatic carbocycles. The minimum Gasteiger partial charge on any atom is -0.325 e. The van der Waals surface area contributed by atoms with E-state index in [1.807, 2.05) is 0 Å². The van der Waals surface area contributed by atoms with Gasteiger partial charge in [-0.25, -0.2) is 4.98 Å². The van der Waals surface area contributed by atoms with Gasteiger partial charge in [-0.3, -0.25) is 4.98 Å². The van der Waals surface area contributed by atoms with E-state index < -0.39 is 0 Å². The Balaban J connectivity index is 2.02. The van der Waals surface area contributed by atoms with Crippen molar-refractivity contribution in [2.45, 2.75) is 18.7 Å². The van der Waals surface area contributed by atoms with E-state index in [-0.39, 0.29) is 0 Å².